The molecule has 0 spiro atoms. The number of ether oxygens (including phenoxy) is 1. The van der Waals surface area contributed by atoms with E-state index in [-0.39, 0.29) is 17.3 Å². The van der Waals surface area contributed by atoms with E-state index in [9.17, 15) is 14.4 Å². The molecule has 2 aromatic heterocycles. The van der Waals surface area contributed by atoms with Crippen molar-refractivity contribution < 1.29 is 23.2 Å². The van der Waals surface area contributed by atoms with Crippen molar-refractivity contribution in [2.75, 3.05) is 11.9 Å². The average molecular weight is 431 g/mol. The van der Waals surface area contributed by atoms with Gasteiger partial charge in [-0.3, -0.25) is 14.4 Å². The Balaban J connectivity index is 1.65. The quantitative estimate of drug-likeness (QED) is 0.437. The summed E-state index contributed by atoms with van der Waals surface area (Å²) in [4.78, 5) is 37.2. The van der Waals surface area contributed by atoms with Crippen LogP contribution in [-0.4, -0.2) is 18.3 Å². The van der Waals surface area contributed by atoms with Crippen LogP contribution < -0.4 is 15.5 Å². The van der Waals surface area contributed by atoms with Crippen LogP contribution in [0.5, 0.6) is 5.75 Å². The third kappa shape index (κ3) is 4.18. The van der Waals surface area contributed by atoms with Gasteiger partial charge in [-0.2, -0.15) is 0 Å². The normalized spacial score (nSPS) is 10.8. The molecule has 0 aliphatic rings. The number of Topliss-reactive ketones (excluding diaryl/α,β-unsaturated/α-hetero) is 1. The molecule has 0 atom stereocenters. The van der Waals surface area contributed by atoms with Crippen molar-refractivity contribution in [1.29, 1.82) is 0 Å². The highest BCUT2D eigenvalue weighted by Gasteiger charge is 2.21. The fraction of sp³-hybridized carbons (Fsp3) is 0.160. The minimum absolute atomic E-state index is 0.108. The monoisotopic (exact) mass is 431 g/mol. The molecule has 1 N–H and O–H groups in total. The maximum atomic E-state index is 13.2. The molecule has 0 unspecified atom stereocenters. The van der Waals surface area contributed by atoms with Crippen LogP contribution in [0.2, 0.25) is 0 Å². The molecule has 162 valence electrons. The van der Waals surface area contributed by atoms with Crippen LogP contribution in [-0.2, 0) is 4.79 Å². The summed E-state index contributed by atoms with van der Waals surface area (Å²) in [6.45, 7) is 4.84. The molecule has 7 nitrogen and oxygen atoms in total. The standard InChI is InChI=1S/C25H21NO6/c1-14-10-19-21(11-15(14)2)32-24(20-8-5-9-30-20)25(23(19)29)31-13-22(28)26-18-7-4-6-17(12-18)16(3)27/h4-12H,13H2,1-3H3,(H,26,28). The number of benzene rings is 2. The third-order valence-electron chi connectivity index (χ3n) is 5.11. The van der Waals surface area contributed by atoms with Gasteiger partial charge in [-0.1, -0.05) is 12.1 Å². The number of fused-ring (bicyclic) bond motifs is 1. The molecule has 0 bridgehead atoms. The van der Waals surface area contributed by atoms with E-state index >= 15 is 0 Å². The summed E-state index contributed by atoms with van der Waals surface area (Å²) in [5, 5.41) is 3.02. The molecule has 32 heavy (non-hydrogen) atoms. The summed E-state index contributed by atoms with van der Waals surface area (Å²) in [6, 6.07) is 13.4. The molecule has 0 radical (unpaired) electrons. The fourth-order valence-electron chi connectivity index (χ4n) is 3.29. The molecule has 2 aromatic carbocycles. The van der Waals surface area contributed by atoms with E-state index in [4.69, 9.17) is 13.6 Å². The lowest BCUT2D eigenvalue weighted by molar-refractivity contribution is -0.118. The lowest BCUT2D eigenvalue weighted by Crippen LogP contribution is -2.22. The lowest BCUT2D eigenvalue weighted by Gasteiger charge is -2.12. The number of carbonyl (C=O) groups is 2. The molecule has 1 amide bonds. The first-order chi connectivity index (χ1) is 15.3. The van der Waals surface area contributed by atoms with Gasteiger partial charge in [-0.25, -0.2) is 0 Å². The zero-order valence-corrected chi connectivity index (χ0v) is 17.9. The maximum absolute atomic E-state index is 13.2. The van der Waals surface area contributed by atoms with Crippen molar-refractivity contribution in [2.45, 2.75) is 20.8 Å². The number of carbonyl (C=O) groups excluding carboxylic acids is 2. The maximum Gasteiger partial charge on any atom is 0.262 e. The highest BCUT2D eigenvalue weighted by molar-refractivity contribution is 5.97. The van der Waals surface area contributed by atoms with Crippen molar-refractivity contribution in [3.05, 3.63) is 81.7 Å². The number of rotatable bonds is 6. The first kappa shape index (κ1) is 21.1. The van der Waals surface area contributed by atoms with Gasteiger partial charge in [0.2, 0.25) is 16.9 Å². The predicted molar refractivity (Wildman–Crippen MR) is 120 cm³/mol. The van der Waals surface area contributed by atoms with E-state index in [0.717, 1.165) is 11.1 Å². The molecule has 0 aliphatic heterocycles. The van der Waals surface area contributed by atoms with Crippen molar-refractivity contribution in [1.82, 2.24) is 0 Å². The van der Waals surface area contributed by atoms with Gasteiger partial charge < -0.3 is 18.9 Å². The smallest absolute Gasteiger partial charge is 0.262 e. The molecule has 0 saturated carbocycles. The largest absolute Gasteiger partial charge is 0.476 e. The molecule has 0 fully saturated rings. The van der Waals surface area contributed by atoms with Gasteiger partial charge in [0.05, 0.1) is 11.6 Å². The van der Waals surface area contributed by atoms with E-state index in [2.05, 4.69) is 5.32 Å². The van der Waals surface area contributed by atoms with Gasteiger partial charge in [-0.15, -0.1) is 0 Å². The summed E-state index contributed by atoms with van der Waals surface area (Å²) in [5.74, 6) is -0.285. The molecule has 7 heteroatoms. The molecule has 0 aliphatic carbocycles. The molecule has 4 aromatic rings. The van der Waals surface area contributed by atoms with Crippen molar-refractivity contribution in [3.63, 3.8) is 0 Å². The number of hydrogen-bond acceptors (Lipinski definition) is 6. The minimum atomic E-state index is -0.490. The van der Waals surface area contributed by atoms with Crippen molar-refractivity contribution in [2.24, 2.45) is 0 Å². The van der Waals surface area contributed by atoms with Crippen LogP contribution in [0.3, 0.4) is 0 Å². The molecule has 0 saturated heterocycles. The Bertz CT molecular complexity index is 1380. The molecular formula is C25H21NO6. The summed E-state index contributed by atoms with van der Waals surface area (Å²) < 4.78 is 17.0. The summed E-state index contributed by atoms with van der Waals surface area (Å²) >= 11 is 0. The molecule has 4 rings (SSSR count). The summed E-state index contributed by atoms with van der Waals surface area (Å²) in [5.41, 5.74) is 2.85. The van der Waals surface area contributed by atoms with Gasteiger partial charge in [0.1, 0.15) is 5.58 Å². The van der Waals surface area contributed by atoms with Crippen LogP contribution in [0.1, 0.15) is 28.4 Å². The van der Waals surface area contributed by atoms with Gasteiger partial charge in [0.15, 0.2) is 18.2 Å². The number of nitrogens with one attached hydrogen (secondary N) is 1. The Kier molecular flexibility index (Phi) is 5.64. The number of anilines is 1. The first-order valence-electron chi connectivity index (χ1n) is 9.99. The van der Waals surface area contributed by atoms with Gasteiger partial charge in [-0.05, 0) is 68.3 Å². The first-order valence-corrected chi connectivity index (χ1v) is 9.99. The Morgan fingerprint density at radius 1 is 1.03 bits per heavy atom. The van der Waals surface area contributed by atoms with E-state index in [0.29, 0.717) is 28.0 Å². The van der Waals surface area contributed by atoms with E-state index in [1.807, 2.05) is 13.8 Å². The second kappa shape index (κ2) is 8.55. The number of hydrogen-bond donors (Lipinski definition) is 1. The van der Waals surface area contributed by atoms with Crippen LogP contribution in [0, 0.1) is 13.8 Å². The minimum Gasteiger partial charge on any atom is -0.476 e. The van der Waals surface area contributed by atoms with Crippen LogP contribution in [0.25, 0.3) is 22.5 Å². The van der Waals surface area contributed by atoms with Gasteiger partial charge in [0.25, 0.3) is 5.91 Å². The third-order valence-corrected chi connectivity index (χ3v) is 5.11. The summed E-state index contributed by atoms with van der Waals surface area (Å²) in [7, 11) is 0. The topological polar surface area (TPSA) is 98.8 Å². The van der Waals surface area contributed by atoms with Gasteiger partial charge >= 0.3 is 0 Å². The average Bonchev–Trinajstić information content (AvgIpc) is 3.29. The van der Waals surface area contributed by atoms with Crippen LogP contribution >= 0.6 is 0 Å². The number of amides is 1. The fourth-order valence-corrected chi connectivity index (χ4v) is 3.29. The highest BCUT2D eigenvalue weighted by atomic mass is 16.5. The van der Waals surface area contributed by atoms with E-state index in [1.165, 1.54) is 13.2 Å². The highest BCUT2D eigenvalue weighted by Crippen LogP contribution is 2.32. The lowest BCUT2D eigenvalue weighted by atomic mass is 10.1. The van der Waals surface area contributed by atoms with Crippen molar-refractivity contribution >= 4 is 28.3 Å². The van der Waals surface area contributed by atoms with Crippen molar-refractivity contribution in [3.8, 4) is 17.3 Å². The zero-order valence-electron chi connectivity index (χ0n) is 17.9. The van der Waals surface area contributed by atoms with Crippen LogP contribution in [0.4, 0.5) is 5.69 Å². The van der Waals surface area contributed by atoms with E-state index in [1.54, 1.807) is 48.5 Å². The number of furan rings is 1. The van der Waals surface area contributed by atoms with Gasteiger partial charge in [0, 0.05) is 11.3 Å². The second-order valence-corrected chi connectivity index (χ2v) is 7.47. The Hall–Kier alpha value is -4.13. The Morgan fingerprint density at radius 2 is 1.81 bits per heavy atom. The Morgan fingerprint density at radius 3 is 2.53 bits per heavy atom. The molecular weight excluding hydrogens is 410 g/mol. The number of aryl methyl sites for hydroxylation is 2. The SMILES string of the molecule is CC(=O)c1cccc(NC(=O)COc2c(-c3ccco3)oc3cc(C)c(C)cc3c2=O)c1. The van der Waals surface area contributed by atoms with Crippen LogP contribution in [0.15, 0.2) is 68.4 Å². The predicted octanol–water partition coefficient (Wildman–Crippen LogP) is 4.89. The second-order valence-electron chi connectivity index (χ2n) is 7.47. The van der Waals surface area contributed by atoms with E-state index < -0.39 is 17.9 Å². The summed E-state index contributed by atoms with van der Waals surface area (Å²) in [6.07, 6.45) is 1.46. The zero-order chi connectivity index (χ0) is 22.8. The number of ketones is 1. The molecule has 2 heterocycles. The Labute approximate surface area is 183 Å².